The molecule has 1 fully saturated rings. The third-order valence-corrected chi connectivity index (χ3v) is 4.30. The van der Waals surface area contributed by atoms with Crippen molar-refractivity contribution in [2.45, 2.75) is 24.9 Å². The van der Waals surface area contributed by atoms with Crippen LogP contribution in [0.1, 0.15) is 5.56 Å². The van der Waals surface area contributed by atoms with Crippen LogP contribution in [0.2, 0.25) is 0 Å². The van der Waals surface area contributed by atoms with Crippen LogP contribution in [0.5, 0.6) is 5.75 Å². The van der Waals surface area contributed by atoms with Gasteiger partial charge >= 0.3 is 0 Å². The number of aliphatic hydroxyl groups excluding tert-OH is 1. The van der Waals surface area contributed by atoms with Crippen LogP contribution in [0.4, 0.5) is 5.69 Å². The van der Waals surface area contributed by atoms with E-state index in [9.17, 15) is 9.90 Å². The number of carbonyl (C=O) groups is 1. The first-order chi connectivity index (χ1) is 12.2. The lowest BCUT2D eigenvalue weighted by molar-refractivity contribution is -0.147. The van der Waals surface area contributed by atoms with Gasteiger partial charge in [0, 0.05) is 5.69 Å². The van der Waals surface area contributed by atoms with Gasteiger partial charge in [0.1, 0.15) is 11.8 Å². The normalized spacial score (nSPS) is 20.7. The molecule has 0 unspecified atom stereocenters. The van der Waals surface area contributed by atoms with Gasteiger partial charge in [0.2, 0.25) is 0 Å². The van der Waals surface area contributed by atoms with Crippen LogP contribution < -0.4 is 9.64 Å². The second-order valence-electron chi connectivity index (χ2n) is 5.84. The first kappa shape index (κ1) is 17.2. The monoisotopic (exact) mass is 339 g/mol. The van der Waals surface area contributed by atoms with Gasteiger partial charge in [-0.25, -0.2) is 0 Å². The average Bonchev–Trinajstić information content (AvgIpc) is 2.66. The van der Waals surface area contributed by atoms with Gasteiger partial charge in [-0.1, -0.05) is 36.4 Å². The fourth-order valence-electron chi connectivity index (χ4n) is 2.93. The molecule has 1 saturated heterocycles. The Balaban J connectivity index is 1.75. The summed E-state index contributed by atoms with van der Waals surface area (Å²) in [4.78, 5) is 14.1. The highest BCUT2D eigenvalue weighted by Crippen LogP contribution is 2.33. The maximum atomic E-state index is 12.6. The van der Waals surface area contributed by atoms with E-state index >= 15 is 0 Å². The number of aliphatic hydroxyl groups is 1. The molecule has 0 bridgehead atoms. The lowest BCUT2D eigenvalue weighted by atomic mass is 9.91. The Bertz CT molecular complexity index is 729. The van der Waals surface area contributed by atoms with Gasteiger partial charge in [0.15, 0.2) is 6.10 Å². The Hall–Kier alpha value is -2.63. The smallest absolute Gasteiger partial charge is 0.258 e. The number of ether oxygens (including phenoxy) is 2. The number of methoxy groups -OCH3 is 1. The molecule has 0 aromatic heterocycles. The number of β-lactam (4-membered cyclic amide) rings is 1. The molecule has 1 amide bonds. The van der Waals surface area contributed by atoms with E-state index in [0.717, 1.165) is 5.56 Å². The molecule has 2 aromatic carbocycles. The molecule has 1 aliphatic heterocycles. The highest BCUT2D eigenvalue weighted by atomic mass is 16.5. The van der Waals surface area contributed by atoms with Gasteiger partial charge in [-0.05, 0) is 29.8 Å². The van der Waals surface area contributed by atoms with Gasteiger partial charge in [-0.3, -0.25) is 4.79 Å². The van der Waals surface area contributed by atoms with Crippen LogP contribution in [0, 0.1) is 0 Å². The summed E-state index contributed by atoms with van der Waals surface area (Å²) in [5.74, 6) is 0.529. The largest absolute Gasteiger partial charge is 0.497 e. The fourth-order valence-corrected chi connectivity index (χ4v) is 2.93. The fraction of sp³-hybridized carbons (Fsp3) is 0.250. The molecule has 0 radical (unpaired) electrons. The summed E-state index contributed by atoms with van der Waals surface area (Å²) in [6.45, 7) is 3.95. The molecule has 1 N–H and O–H groups in total. The first-order valence-corrected chi connectivity index (χ1v) is 8.09. The molecule has 3 atom stereocenters. The summed E-state index contributed by atoms with van der Waals surface area (Å²) in [6.07, 6.45) is -0.150. The van der Waals surface area contributed by atoms with E-state index in [4.69, 9.17) is 9.47 Å². The number of rotatable bonds is 7. The Morgan fingerprint density at radius 1 is 1.20 bits per heavy atom. The lowest BCUT2D eigenvalue weighted by Crippen LogP contribution is -2.70. The quantitative estimate of drug-likeness (QED) is 0.622. The summed E-state index contributed by atoms with van der Waals surface area (Å²) in [6, 6.07) is 16.3. The minimum Gasteiger partial charge on any atom is -0.497 e. The van der Waals surface area contributed by atoms with Crippen LogP contribution in [0.15, 0.2) is 67.3 Å². The van der Waals surface area contributed by atoms with E-state index in [-0.39, 0.29) is 5.91 Å². The van der Waals surface area contributed by atoms with E-state index in [1.807, 2.05) is 30.3 Å². The molecule has 3 rings (SSSR count). The molecule has 1 heterocycles. The van der Waals surface area contributed by atoms with E-state index in [2.05, 4.69) is 6.58 Å². The molecule has 0 aliphatic carbocycles. The summed E-state index contributed by atoms with van der Waals surface area (Å²) in [5.41, 5.74) is 1.67. The summed E-state index contributed by atoms with van der Waals surface area (Å²) in [5, 5.41) is 10.3. The minimum absolute atomic E-state index is 0.174. The number of benzene rings is 2. The second-order valence-corrected chi connectivity index (χ2v) is 5.84. The van der Waals surface area contributed by atoms with Gasteiger partial charge in [0.05, 0.1) is 19.8 Å². The van der Waals surface area contributed by atoms with Crippen molar-refractivity contribution in [3.8, 4) is 5.75 Å². The second kappa shape index (κ2) is 7.51. The van der Waals surface area contributed by atoms with Crippen molar-refractivity contribution in [1.29, 1.82) is 0 Å². The zero-order valence-corrected chi connectivity index (χ0v) is 14.0. The molecule has 130 valence electrons. The van der Waals surface area contributed by atoms with Gasteiger partial charge < -0.3 is 19.5 Å². The van der Waals surface area contributed by atoms with Crippen LogP contribution in [-0.4, -0.2) is 36.4 Å². The average molecular weight is 339 g/mol. The number of nitrogens with zero attached hydrogens (tertiary/aromatic N) is 1. The van der Waals surface area contributed by atoms with Crippen molar-refractivity contribution in [2.75, 3.05) is 12.0 Å². The summed E-state index contributed by atoms with van der Waals surface area (Å²) >= 11 is 0. The van der Waals surface area contributed by atoms with Crippen LogP contribution in [-0.2, 0) is 16.1 Å². The minimum atomic E-state index is -0.874. The number of amides is 1. The van der Waals surface area contributed by atoms with E-state index in [1.54, 1.807) is 36.3 Å². The molecule has 0 saturated carbocycles. The van der Waals surface area contributed by atoms with Crippen LogP contribution in [0.3, 0.4) is 0 Å². The van der Waals surface area contributed by atoms with E-state index < -0.39 is 18.2 Å². The molecule has 25 heavy (non-hydrogen) atoms. The maximum absolute atomic E-state index is 12.6. The number of carbonyl (C=O) groups excluding carboxylic acids is 1. The van der Waals surface area contributed by atoms with Crippen molar-refractivity contribution < 1.29 is 19.4 Å². The van der Waals surface area contributed by atoms with Crippen LogP contribution >= 0.6 is 0 Å². The number of hydrogen-bond donors (Lipinski definition) is 1. The maximum Gasteiger partial charge on any atom is 0.258 e. The van der Waals surface area contributed by atoms with Crippen molar-refractivity contribution in [3.05, 3.63) is 72.8 Å². The summed E-state index contributed by atoms with van der Waals surface area (Å²) < 4.78 is 10.9. The predicted octanol–water partition coefficient (Wildman–Crippen LogP) is 2.54. The number of hydrogen-bond acceptors (Lipinski definition) is 4. The molecular weight excluding hydrogens is 318 g/mol. The van der Waals surface area contributed by atoms with Gasteiger partial charge in [0.25, 0.3) is 5.91 Å². The van der Waals surface area contributed by atoms with Gasteiger partial charge in [-0.15, -0.1) is 6.58 Å². The van der Waals surface area contributed by atoms with Crippen molar-refractivity contribution in [1.82, 2.24) is 0 Å². The predicted molar refractivity (Wildman–Crippen MR) is 95.5 cm³/mol. The van der Waals surface area contributed by atoms with Crippen molar-refractivity contribution >= 4 is 11.6 Å². The third-order valence-electron chi connectivity index (χ3n) is 4.30. The lowest BCUT2D eigenvalue weighted by Gasteiger charge is -2.48. The van der Waals surface area contributed by atoms with Crippen molar-refractivity contribution in [2.24, 2.45) is 0 Å². The molecular formula is C20H21NO4. The highest BCUT2D eigenvalue weighted by Gasteiger charge is 2.51. The van der Waals surface area contributed by atoms with Crippen molar-refractivity contribution in [3.63, 3.8) is 0 Å². The van der Waals surface area contributed by atoms with E-state index in [0.29, 0.717) is 18.0 Å². The SMILES string of the molecule is C=C[C@@H](O)[C@H]1[C@@H](OCc2ccccc2)C(=O)N1c1ccc(OC)cc1. The Morgan fingerprint density at radius 2 is 1.88 bits per heavy atom. The summed E-state index contributed by atoms with van der Waals surface area (Å²) in [7, 11) is 1.58. The topological polar surface area (TPSA) is 59.0 Å². The van der Waals surface area contributed by atoms with Crippen LogP contribution in [0.25, 0.3) is 0 Å². The Kier molecular flexibility index (Phi) is 5.16. The molecule has 5 heteroatoms. The Labute approximate surface area is 147 Å². The third kappa shape index (κ3) is 3.43. The highest BCUT2D eigenvalue weighted by molar-refractivity contribution is 6.05. The molecule has 2 aromatic rings. The first-order valence-electron chi connectivity index (χ1n) is 8.09. The van der Waals surface area contributed by atoms with E-state index in [1.165, 1.54) is 6.08 Å². The molecule has 1 aliphatic rings. The molecule has 5 nitrogen and oxygen atoms in total. The zero-order chi connectivity index (χ0) is 17.8. The van der Waals surface area contributed by atoms with Gasteiger partial charge in [-0.2, -0.15) is 0 Å². The standard InChI is InChI=1S/C20H21NO4/c1-3-17(22)18-19(25-13-14-7-5-4-6-8-14)20(23)21(18)15-9-11-16(24-2)12-10-15/h3-12,17-19,22H,1,13H2,2H3/t17-,18+,19-/m1/s1. The number of anilines is 1. The zero-order valence-electron chi connectivity index (χ0n) is 14.0. The Morgan fingerprint density at radius 3 is 2.48 bits per heavy atom. The molecule has 0 spiro atoms.